The molecule has 2 heterocycles. The van der Waals surface area contributed by atoms with Gasteiger partial charge in [-0.05, 0) is 38.6 Å². The molecule has 1 aliphatic rings. The van der Waals surface area contributed by atoms with Crippen LogP contribution in [0.3, 0.4) is 0 Å². The zero-order valence-electron chi connectivity index (χ0n) is 13.2. The standard InChI is InChI=1S/C15H21N3O3S/c1-5-14(2,3)16-11(19)9-18-12(20)15(4,17-13(18)21)10-7-6-8-22-10/h6-8H,5,9H2,1-4H3,(H,16,19)(H,17,21)/t15-/m1/s1. The number of imide groups is 1. The molecule has 1 aliphatic heterocycles. The third-order valence-corrected chi connectivity index (χ3v) is 5.04. The zero-order chi connectivity index (χ0) is 16.5. The predicted molar refractivity (Wildman–Crippen MR) is 84.4 cm³/mol. The monoisotopic (exact) mass is 323 g/mol. The van der Waals surface area contributed by atoms with Gasteiger partial charge in [-0.1, -0.05) is 13.0 Å². The van der Waals surface area contributed by atoms with Crippen LogP contribution >= 0.6 is 11.3 Å². The lowest BCUT2D eigenvalue weighted by atomic mass is 10.0. The Hall–Kier alpha value is -1.89. The topological polar surface area (TPSA) is 78.5 Å². The molecule has 0 unspecified atom stereocenters. The molecule has 1 fully saturated rings. The Labute approximate surface area is 133 Å². The molecular weight excluding hydrogens is 302 g/mol. The number of hydrogen-bond acceptors (Lipinski definition) is 4. The molecule has 7 heteroatoms. The smallest absolute Gasteiger partial charge is 0.325 e. The highest BCUT2D eigenvalue weighted by Gasteiger charge is 2.50. The van der Waals surface area contributed by atoms with Crippen molar-refractivity contribution in [2.24, 2.45) is 0 Å². The van der Waals surface area contributed by atoms with Gasteiger partial charge in [-0.2, -0.15) is 0 Å². The summed E-state index contributed by atoms with van der Waals surface area (Å²) in [5.41, 5.74) is -1.46. The van der Waals surface area contributed by atoms with Crippen LogP contribution in [0.1, 0.15) is 39.0 Å². The van der Waals surface area contributed by atoms with Crippen molar-refractivity contribution in [3.63, 3.8) is 0 Å². The van der Waals surface area contributed by atoms with Crippen LogP contribution in [0, 0.1) is 0 Å². The van der Waals surface area contributed by atoms with Gasteiger partial charge in [0.15, 0.2) is 5.54 Å². The summed E-state index contributed by atoms with van der Waals surface area (Å²) in [6.45, 7) is 7.14. The van der Waals surface area contributed by atoms with Crippen LogP contribution in [0.15, 0.2) is 17.5 Å². The molecule has 2 N–H and O–H groups in total. The summed E-state index contributed by atoms with van der Waals surface area (Å²) in [6, 6.07) is 3.08. The Bertz CT molecular complexity index is 597. The van der Waals surface area contributed by atoms with Gasteiger partial charge in [0, 0.05) is 10.4 Å². The number of hydrogen-bond donors (Lipinski definition) is 2. The lowest BCUT2D eigenvalue weighted by Crippen LogP contribution is -2.49. The molecule has 1 aromatic heterocycles. The Kier molecular flexibility index (Phi) is 4.28. The molecule has 6 nitrogen and oxygen atoms in total. The summed E-state index contributed by atoms with van der Waals surface area (Å²) >= 11 is 1.40. The average molecular weight is 323 g/mol. The maximum Gasteiger partial charge on any atom is 0.325 e. The first-order valence-electron chi connectivity index (χ1n) is 7.19. The maximum atomic E-state index is 12.6. The molecule has 2 rings (SSSR count). The number of urea groups is 1. The molecule has 4 amide bonds. The first-order chi connectivity index (χ1) is 10.2. The fourth-order valence-corrected chi connectivity index (χ4v) is 3.05. The van der Waals surface area contributed by atoms with Gasteiger partial charge in [0.2, 0.25) is 5.91 Å². The number of thiophene rings is 1. The van der Waals surface area contributed by atoms with Gasteiger partial charge >= 0.3 is 6.03 Å². The molecule has 1 atom stereocenters. The van der Waals surface area contributed by atoms with Crippen molar-refractivity contribution in [3.05, 3.63) is 22.4 Å². The van der Waals surface area contributed by atoms with Crippen molar-refractivity contribution in [1.29, 1.82) is 0 Å². The molecule has 1 aromatic rings. The van der Waals surface area contributed by atoms with E-state index in [-0.39, 0.29) is 18.0 Å². The van der Waals surface area contributed by atoms with Crippen LogP contribution in [0.2, 0.25) is 0 Å². The molecule has 0 aliphatic carbocycles. The Morgan fingerprint density at radius 2 is 2.14 bits per heavy atom. The van der Waals surface area contributed by atoms with Crippen LogP contribution in [-0.2, 0) is 15.1 Å². The van der Waals surface area contributed by atoms with Gasteiger partial charge in [-0.3, -0.25) is 14.5 Å². The molecule has 0 spiro atoms. The van der Waals surface area contributed by atoms with E-state index >= 15 is 0 Å². The summed E-state index contributed by atoms with van der Waals surface area (Å²) in [7, 11) is 0. The Morgan fingerprint density at radius 3 is 2.68 bits per heavy atom. The number of carbonyl (C=O) groups excluding carboxylic acids is 3. The predicted octanol–water partition coefficient (Wildman–Crippen LogP) is 1.82. The first-order valence-corrected chi connectivity index (χ1v) is 8.06. The van der Waals surface area contributed by atoms with E-state index in [2.05, 4.69) is 10.6 Å². The van der Waals surface area contributed by atoms with E-state index in [4.69, 9.17) is 0 Å². The second-order valence-corrected chi connectivity index (χ2v) is 7.16. The maximum absolute atomic E-state index is 12.6. The van der Waals surface area contributed by atoms with Crippen molar-refractivity contribution in [2.45, 2.75) is 45.2 Å². The van der Waals surface area contributed by atoms with Crippen LogP contribution in [0.5, 0.6) is 0 Å². The zero-order valence-corrected chi connectivity index (χ0v) is 14.0. The van der Waals surface area contributed by atoms with Gasteiger partial charge < -0.3 is 10.6 Å². The van der Waals surface area contributed by atoms with Crippen molar-refractivity contribution in [2.75, 3.05) is 6.54 Å². The Morgan fingerprint density at radius 1 is 1.45 bits per heavy atom. The van der Waals surface area contributed by atoms with Crippen LogP contribution < -0.4 is 10.6 Å². The normalized spacial score (nSPS) is 21.9. The average Bonchev–Trinajstić information content (AvgIpc) is 3.03. The lowest BCUT2D eigenvalue weighted by Gasteiger charge is -2.25. The molecule has 0 radical (unpaired) electrons. The van der Waals surface area contributed by atoms with Crippen molar-refractivity contribution < 1.29 is 14.4 Å². The van der Waals surface area contributed by atoms with Gasteiger partial charge in [-0.15, -0.1) is 11.3 Å². The second kappa shape index (κ2) is 5.72. The quantitative estimate of drug-likeness (QED) is 0.811. The summed E-state index contributed by atoms with van der Waals surface area (Å²) < 4.78 is 0. The van der Waals surface area contributed by atoms with Crippen LogP contribution in [0.25, 0.3) is 0 Å². The number of nitrogens with zero attached hydrogens (tertiary/aromatic N) is 1. The fourth-order valence-electron chi connectivity index (χ4n) is 2.22. The van der Waals surface area contributed by atoms with Crippen molar-refractivity contribution in [1.82, 2.24) is 15.5 Å². The first kappa shape index (κ1) is 16.5. The number of nitrogens with one attached hydrogen (secondary N) is 2. The highest BCUT2D eigenvalue weighted by atomic mass is 32.1. The molecule has 1 saturated heterocycles. The fraction of sp³-hybridized carbons (Fsp3) is 0.533. The molecule has 120 valence electrons. The van der Waals surface area contributed by atoms with E-state index in [0.29, 0.717) is 0 Å². The number of amides is 4. The second-order valence-electron chi connectivity index (χ2n) is 6.21. The Balaban J connectivity index is 2.12. The number of carbonyl (C=O) groups is 3. The van der Waals surface area contributed by atoms with E-state index in [9.17, 15) is 14.4 Å². The van der Waals surface area contributed by atoms with Gasteiger partial charge in [0.25, 0.3) is 5.91 Å². The van der Waals surface area contributed by atoms with Gasteiger partial charge in [0.05, 0.1) is 0 Å². The lowest BCUT2D eigenvalue weighted by molar-refractivity contribution is -0.135. The summed E-state index contributed by atoms with van der Waals surface area (Å²) in [6.07, 6.45) is 0.756. The van der Waals surface area contributed by atoms with E-state index in [1.54, 1.807) is 13.0 Å². The largest absolute Gasteiger partial charge is 0.350 e. The summed E-state index contributed by atoms with van der Waals surface area (Å²) in [4.78, 5) is 38.5. The van der Waals surface area contributed by atoms with Crippen molar-refractivity contribution >= 4 is 29.2 Å². The third kappa shape index (κ3) is 2.99. The van der Waals surface area contributed by atoms with E-state index in [1.807, 2.05) is 32.2 Å². The van der Waals surface area contributed by atoms with E-state index in [0.717, 1.165) is 16.2 Å². The van der Waals surface area contributed by atoms with Crippen LogP contribution in [0.4, 0.5) is 4.79 Å². The molecular formula is C15H21N3O3S. The molecule has 0 bridgehead atoms. The number of rotatable bonds is 5. The van der Waals surface area contributed by atoms with E-state index in [1.165, 1.54) is 11.3 Å². The van der Waals surface area contributed by atoms with Gasteiger partial charge in [0.1, 0.15) is 6.54 Å². The third-order valence-electron chi connectivity index (χ3n) is 3.95. The highest BCUT2D eigenvalue weighted by Crippen LogP contribution is 2.31. The minimum absolute atomic E-state index is 0.269. The van der Waals surface area contributed by atoms with Crippen molar-refractivity contribution in [3.8, 4) is 0 Å². The molecule has 22 heavy (non-hydrogen) atoms. The minimum atomic E-state index is -1.09. The highest BCUT2D eigenvalue weighted by molar-refractivity contribution is 7.10. The molecule has 0 saturated carbocycles. The molecule has 0 aromatic carbocycles. The van der Waals surface area contributed by atoms with E-state index < -0.39 is 17.5 Å². The summed E-state index contributed by atoms with van der Waals surface area (Å²) in [5, 5.41) is 7.35. The van der Waals surface area contributed by atoms with Crippen LogP contribution in [-0.4, -0.2) is 34.8 Å². The minimum Gasteiger partial charge on any atom is -0.350 e. The van der Waals surface area contributed by atoms with Gasteiger partial charge in [-0.25, -0.2) is 4.79 Å². The summed E-state index contributed by atoms with van der Waals surface area (Å²) in [5.74, 6) is -0.741. The SMILES string of the molecule is CCC(C)(C)NC(=O)CN1C(=O)N[C@](C)(c2cccs2)C1=O.